The summed E-state index contributed by atoms with van der Waals surface area (Å²) in [6.45, 7) is 4.28. The Balaban J connectivity index is 2.35. The van der Waals surface area contributed by atoms with Gasteiger partial charge in [-0.1, -0.05) is 6.07 Å². The average Bonchev–Trinajstić information content (AvgIpc) is 2.62. The van der Waals surface area contributed by atoms with Crippen LogP contribution in [0.4, 0.5) is 18.9 Å². The van der Waals surface area contributed by atoms with Crippen molar-refractivity contribution in [2.75, 3.05) is 17.6 Å². The third-order valence-electron chi connectivity index (χ3n) is 4.26. The third-order valence-corrected chi connectivity index (χ3v) is 5.47. The molecule has 0 saturated carbocycles. The number of phenolic OH excluding ortho intramolecular Hbond substituents is 1. The van der Waals surface area contributed by atoms with Crippen LogP contribution in [0.1, 0.15) is 42.3 Å². The Morgan fingerprint density at radius 1 is 1.06 bits per heavy atom. The highest BCUT2D eigenvalue weighted by molar-refractivity contribution is 7.92. The molecule has 0 spiro atoms. The molecule has 0 atom stereocenters. The number of nitrogens with zero attached hydrogens (tertiary/aromatic N) is 1. The van der Waals surface area contributed by atoms with Gasteiger partial charge < -0.3 is 14.6 Å². The van der Waals surface area contributed by atoms with Crippen LogP contribution in [0.25, 0.3) is 0 Å². The fourth-order valence-corrected chi connectivity index (χ4v) is 3.15. The lowest BCUT2D eigenvalue weighted by atomic mass is 10.0. The minimum Gasteiger partial charge on any atom is -0.506 e. The van der Waals surface area contributed by atoms with Gasteiger partial charge in [0.25, 0.3) is 0 Å². The molecule has 0 radical (unpaired) electrons. The Hall–Kier alpha value is -2.95. The van der Waals surface area contributed by atoms with Gasteiger partial charge in [-0.2, -0.15) is 13.2 Å². The molecule has 32 heavy (non-hydrogen) atoms. The topological polar surface area (TPSA) is 93.1 Å². The molecule has 176 valence electrons. The number of ether oxygens (including phenoxy) is 2. The highest BCUT2D eigenvalue weighted by atomic mass is 32.2. The van der Waals surface area contributed by atoms with Gasteiger partial charge in [-0.3, -0.25) is 4.31 Å². The van der Waals surface area contributed by atoms with Crippen LogP contribution in [-0.4, -0.2) is 38.4 Å². The zero-order chi connectivity index (χ0) is 24.5. The number of sulfonamides is 1. The van der Waals surface area contributed by atoms with Crippen molar-refractivity contribution in [1.82, 2.24) is 0 Å². The van der Waals surface area contributed by atoms with Crippen LogP contribution in [0, 0.1) is 0 Å². The minimum absolute atomic E-state index is 0.0120. The van der Waals surface area contributed by atoms with E-state index in [9.17, 15) is 31.5 Å². The van der Waals surface area contributed by atoms with Crippen LogP contribution in [0.3, 0.4) is 0 Å². The summed E-state index contributed by atoms with van der Waals surface area (Å²) >= 11 is 0. The standard InChI is InChI=1S/C21H24F3NO6S/c1-20(2,3)31-19(27)17-13(6-11-16(18(17)26)21(22,23)24)12-30-15-9-7-14(8-10-15)25(4)32(5,28)29/h6-11,26H,12H2,1-5H3. The van der Waals surface area contributed by atoms with Gasteiger partial charge in [0, 0.05) is 12.6 Å². The van der Waals surface area contributed by atoms with Crippen LogP contribution < -0.4 is 9.04 Å². The van der Waals surface area contributed by atoms with Crippen LogP contribution in [0.2, 0.25) is 0 Å². The molecular formula is C21H24F3NO6S. The van der Waals surface area contributed by atoms with E-state index in [4.69, 9.17) is 9.47 Å². The lowest BCUT2D eigenvalue weighted by molar-refractivity contribution is -0.138. The fraction of sp³-hybridized carbons (Fsp3) is 0.381. The Kier molecular flexibility index (Phi) is 7.03. The van der Waals surface area contributed by atoms with E-state index in [-0.39, 0.29) is 17.9 Å². The zero-order valence-corrected chi connectivity index (χ0v) is 19.0. The number of carbonyl (C=O) groups is 1. The van der Waals surface area contributed by atoms with Crippen LogP contribution >= 0.6 is 0 Å². The summed E-state index contributed by atoms with van der Waals surface area (Å²) in [5, 5.41) is 10.2. The SMILES string of the molecule is CN(c1ccc(OCc2ccc(C(F)(F)F)c(O)c2C(=O)OC(C)(C)C)cc1)S(C)(=O)=O. The molecule has 0 aliphatic carbocycles. The molecule has 11 heteroatoms. The second-order valence-electron chi connectivity index (χ2n) is 8.01. The zero-order valence-electron chi connectivity index (χ0n) is 18.1. The molecule has 0 fully saturated rings. The maximum absolute atomic E-state index is 13.2. The van der Waals surface area contributed by atoms with Crippen molar-refractivity contribution in [3.8, 4) is 11.5 Å². The van der Waals surface area contributed by atoms with Gasteiger partial charge in [0.05, 0.1) is 17.5 Å². The number of alkyl halides is 3. The van der Waals surface area contributed by atoms with E-state index in [1.54, 1.807) is 20.8 Å². The fourth-order valence-electron chi connectivity index (χ4n) is 2.64. The van der Waals surface area contributed by atoms with E-state index in [1.165, 1.54) is 31.3 Å². The van der Waals surface area contributed by atoms with Gasteiger partial charge in [-0.05, 0) is 51.1 Å². The Morgan fingerprint density at radius 3 is 2.09 bits per heavy atom. The molecule has 0 heterocycles. The first kappa shape index (κ1) is 25.3. The van der Waals surface area contributed by atoms with Crippen LogP contribution in [-0.2, 0) is 27.5 Å². The van der Waals surface area contributed by atoms with E-state index in [2.05, 4.69) is 0 Å². The van der Waals surface area contributed by atoms with Gasteiger partial charge in [0.2, 0.25) is 10.0 Å². The van der Waals surface area contributed by atoms with Crippen molar-refractivity contribution in [3.63, 3.8) is 0 Å². The molecule has 0 aromatic heterocycles. The van der Waals surface area contributed by atoms with E-state index in [0.29, 0.717) is 11.8 Å². The van der Waals surface area contributed by atoms with E-state index in [1.807, 2.05) is 0 Å². The lowest BCUT2D eigenvalue weighted by Gasteiger charge is -2.22. The number of rotatable bonds is 6. The Morgan fingerprint density at radius 2 is 1.62 bits per heavy atom. The molecule has 2 aromatic carbocycles. The van der Waals surface area contributed by atoms with Gasteiger partial charge in [-0.25, -0.2) is 13.2 Å². The first-order chi connectivity index (χ1) is 14.5. The molecule has 2 aromatic rings. The van der Waals surface area contributed by atoms with Crippen LogP contribution in [0.5, 0.6) is 11.5 Å². The van der Waals surface area contributed by atoms with Gasteiger partial charge >= 0.3 is 12.1 Å². The number of phenols is 1. The maximum Gasteiger partial charge on any atom is 0.419 e. The monoisotopic (exact) mass is 475 g/mol. The summed E-state index contributed by atoms with van der Waals surface area (Å²) < 4.78 is 74.6. The highest BCUT2D eigenvalue weighted by Gasteiger charge is 2.37. The number of hydrogen-bond acceptors (Lipinski definition) is 6. The summed E-state index contributed by atoms with van der Waals surface area (Å²) in [4.78, 5) is 12.5. The largest absolute Gasteiger partial charge is 0.506 e. The summed E-state index contributed by atoms with van der Waals surface area (Å²) in [5.41, 5.74) is -2.64. The normalized spacial score (nSPS) is 12.4. The van der Waals surface area contributed by atoms with Gasteiger partial charge in [0.1, 0.15) is 29.3 Å². The molecule has 2 rings (SSSR count). The minimum atomic E-state index is -4.87. The van der Waals surface area contributed by atoms with Crippen molar-refractivity contribution < 1.29 is 41.0 Å². The first-order valence-corrected chi connectivity index (χ1v) is 11.2. The first-order valence-electron chi connectivity index (χ1n) is 9.33. The smallest absolute Gasteiger partial charge is 0.419 e. The average molecular weight is 475 g/mol. The molecule has 7 nitrogen and oxygen atoms in total. The van der Waals surface area contributed by atoms with Crippen molar-refractivity contribution in [2.24, 2.45) is 0 Å². The maximum atomic E-state index is 13.2. The van der Waals surface area contributed by atoms with Gasteiger partial charge in [0.15, 0.2) is 0 Å². The van der Waals surface area contributed by atoms with Crippen molar-refractivity contribution in [2.45, 2.75) is 39.2 Å². The summed E-state index contributed by atoms with van der Waals surface area (Å²) in [6.07, 6.45) is -3.83. The second-order valence-corrected chi connectivity index (χ2v) is 10.0. The van der Waals surface area contributed by atoms with E-state index >= 15 is 0 Å². The predicted octanol–water partition coefficient (Wildman–Crippen LogP) is 4.34. The Labute approximate surface area is 184 Å². The molecule has 0 aliphatic rings. The third kappa shape index (κ3) is 6.28. The summed E-state index contributed by atoms with van der Waals surface area (Å²) in [5.74, 6) is -2.09. The number of carbonyl (C=O) groups excluding carboxylic acids is 1. The van der Waals surface area contributed by atoms with Crippen molar-refractivity contribution in [3.05, 3.63) is 53.1 Å². The second kappa shape index (κ2) is 8.89. The lowest BCUT2D eigenvalue weighted by Crippen LogP contribution is -2.25. The molecule has 0 saturated heterocycles. The number of halogens is 3. The predicted molar refractivity (Wildman–Crippen MR) is 112 cm³/mol. The molecular weight excluding hydrogens is 451 g/mol. The highest BCUT2D eigenvalue weighted by Crippen LogP contribution is 2.39. The molecule has 0 bridgehead atoms. The summed E-state index contributed by atoms with van der Waals surface area (Å²) in [7, 11) is -2.08. The summed E-state index contributed by atoms with van der Waals surface area (Å²) in [6, 6.07) is 7.59. The number of aromatic hydroxyl groups is 1. The number of esters is 1. The number of hydrogen-bond donors (Lipinski definition) is 1. The number of benzene rings is 2. The van der Waals surface area contributed by atoms with Gasteiger partial charge in [-0.15, -0.1) is 0 Å². The molecule has 0 amide bonds. The van der Waals surface area contributed by atoms with Crippen molar-refractivity contribution >= 4 is 21.7 Å². The van der Waals surface area contributed by atoms with E-state index < -0.39 is 44.6 Å². The molecule has 0 unspecified atom stereocenters. The van der Waals surface area contributed by atoms with Crippen LogP contribution in [0.15, 0.2) is 36.4 Å². The Bertz CT molecular complexity index is 1090. The molecule has 1 N–H and O–H groups in total. The number of anilines is 1. The van der Waals surface area contributed by atoms with E-state index in [0.717, 1.165) is 16.6 Å². The van der Waals surface area contributed by atoms with Crippen molar-refractivity contribution in [1.29, 1.82) is 0 Å². The quantitative estimate of drug-likeness (QED) is 0.625. The molecule has 0 aliphatic heterocycles.